The van der Waals surface area contributed by atoms with Gasteiger partial charge in [-0.1, -0.05) is 0 Å². The Hall–Kier alpha value is -2.45. The van der Waals surface area contributed by atoms with Gasteiger partial charge < -0.3 is 19.9 Å². The molecule has 8 heteroatoms. The molecule has 28 heavy (non-hydrogen) atoms. The lowest BCUT2D eigenvalue weighted by Crippen LogP contribution is -2.41. The van der Waals surface area contributed by atoms with E-state index < -0.39 is 18.3 Å². The van der Waals surface area contributed by atoms with Gasteiger partial charge in [0.15, 0.2) is 0 Å². The zero-order valence-corrected chi connectivity index (χ0v) is 16.7. The minimum Gasteiger partial charge on any atom is -0.399 e. The molecule has 146 valence electrons. The van der Waals surface area contributed by atoms with Crippen LogP contribution in [0.4, 0.5) is 11.5 Å². The van der Waals surface area contributed by atoms with E-state index in [0.717, 1.165) is 24.1 Å². The molecule has 1 amide bonds. The van der Waals surface area contributed by atoms with Crippen molar-refractivity contribution in [3.8, 4) is 11.3 Å². The van der Waals surface area contributed by atoms with Crippen LogP contribution < -0.4 is 16.1 Å². The van der Waals surface area contributed by atoms with Crippen molar-refractivity contribution in [3.05, 3.63) is 30.6 Å². The maximum Gasteiger partial charge on any atom is 0.496 e. The molecule has 0 saturated carbocycles. The number of hydrogen-bond acceptors (Lipinski definition) is 6. The average molecular weight is 380 g/mol. The molecule has 0 atom stereocenters. The Kier molecular flexibility index (Phi) is 4.43. The summed E-state index contributed by atoms with van der Waals surface area (Å²) in [6, 6.07) is 5.67. The van der Waals surface area contributed by atoms with E-state index in [4.69, 9.17) is 15.0 Å². The van der Waals surface area contributed by atoms with Crippen LogP contribution >= 0.6 is 0 Å². The quantitative estimate of drug-likeness (QED) is 0.821. The summed E-state index contributed by atoms with van der Waals surface area (Å²) in [5.41, 5.74) is 8.26. The summed E-state index contributed by atoms with van der Waals surface area (Å²) >= 11 is 0. The van der Waals surface area contributed by atoms with Crippen LogP contribution in [0.15, 0.2) is 30.6 Å². The van der Waals surface area contributed by atoms with Crippen LogP contribution in [0.3, 0.4) is 0 Å². The van der Waals surface area contributed by atoms with Crippen molar-refractivity contribution in [2.75, 3.05) is 17.2 Å². The van der Waals surface area contributed by atoms with E-state index in [1.807, 2.05) is 45.9 Å². The van der Waals surface area contributed by atoms with Gasteiger partial charge in [-0.25, -0.2) is 4.98 Å². The van der Waals surface area contributed by atoms with Gasteiger partial charge in [0.25, 0.3) is 0 Å². The van der Waals surface area contributed by atoms with Crippen molar-refractivity contribution < 1.29 is 14.1 Å². The molecule has 4 rings (SSSR count). The number of anilines is 2. The lowest BCUT2D eigenvalue weighted by Gasteiger charge is -2.32. The zero-order chi connectivity index (χ0) is 20.1. The van der Waals surface area contributed by atoms with Crippen molar-refractivity contribution >= 4 is 30.0 Å². The predicted molar refractivity (Wildman–Crippen MR) is 109 cm³/mol. The number of amides is 1. The lowest BCUT2D eigenvalue weighted by atomic mass is 9.79. The first-order valence-electron chi connectivity index (χ1n) is 9.56. The third-order valence-electron chi connectivity index (χ3n) is 5.87. The first kappa shape index (κ1) is 18.9. The summed E-state index contributed by atoms with van der Waals surface area (Å²) in [5.74, 6) is 0.524. The number of carbonyl (C=O) groups excluding carboxylic acids is 1. The summed E-state index contributed by atoms with van der Waals surface area (Å²) in [7, 11) is -0.515. The maximum atomic E-state index is 11.9. The van der Waals surface area contributed by atoms with E-state index in [0.29, 0.717) is 23.5 Å². The van der Waals surface area contributed by atoms with Gasteiger partial charge in [0.2, 0.25) is 5.91 Å². The van der Waals surface area contributed by atoms with Gasteiger partial charge in [-0.05, 0) is 52.3 Å². The topological polar surface area (TPSA) is 90.6 Å². The van der Waals surface area contributed by atoms with E-state index in [9.17, 15) is 4.79 Å². The Balaban J connectivity index is 1.62. The summed E-state index contributed by atoms with van der Waals surface area (Å²) in [5, 5.41) is 0. The van der Waals surface area contributed by atoms with Gasteiger partial charge in [-0.3, -0.25) is 9.78 Å². The van der Waals surface area contributed by atoms with Gasteiger partial charge in [0, 0.05) is 30.2 Å². The van der Waals surface area contributed by atoms with Gasteiger partial charge in [-0.15, -0.1) is 0 Å². The van der Waals surface area contributed by atoms with E-state index in [1.54, 1.807) is 17.3 Å². The molecule has 2 aromatic heterocycles. The molecule has 4 heterocycles. The number of nitrogens with two attached hydrogens (primary N) is 1. The Morgan fingerprint density at radius 1 is 1.11 bits per heavy atom. The number of carbonyl (C=O) groups is 1. The van der Waals surface area contributed by atoms with Crippen LogP contribution in [-0.4, -0.2) is 40.7 Å². The molecule has 2 fully saturated rings. The lowest BCUT2D eigenvalue weighted by molar-refractivity contribution is -0.117. The minimum absolute atomic E-state index is 0.137. The molecule has 0 spiro atoms. The van der Waals surface area contributed by atoms with Crippen molar-refractivity contribution in [2.45, 2.75) is 51.7 Å². The first-order chi connectivity index (χ1) is 13.2. The Labute approximate surface area is 165 Å². The van der Waals surface area contributed by atoms with Crippen LogP contribution in [0.25, 0.3) is 11.3 Å². The van der Waals surface area contributed by atoms with Crippen molar-refractivity contribution in [1.29, 1.82) is 0 Å². The highest BCUT2D eigenvalue weighted by atomic mass is 16.7. The minimum atomic E-state index is -0.515. The summed E-state index contributed by atoms with van der Waals surface area (Å²) in [6.45, 7) is 8.79. The fourth-order valence-corrected chi connectivity index (χ4v) is 3.43. The van der Waals surface area contributed by atoms with Gasteiger partial charge >= 0.3 is 7.12 Å². The molecule has 2 saturated heterocycles. The Morgan fingerprint density at radius 3 is 2.39 bits per heavy atom. The second-order valence-corrected chi connectivity index (χ2v) is 8.34. The van der Waals surface area contributed by atoms with Crippen LogP contribution in [0, 0.1) is 0 Å². The third kappa shape index (κ3) is 3.16. The molecule has 2 aliphatic rings. The Morgan fingerprint density at radius 2 is 1.82 bits per heavy atom. The van der Waals surface area contributed by atoms with Crippen molar-refractivity contribution in [3.63, 3.8) is 0 Å². The SMILES string of the molecule is CC1(C)OB(c2cnc(N)c(-c3ccc(N4CCCC4=O)cn3)c2)OC1(C)C. The fourth-order valence-electron chi connectivity index (χ4n) is 3.43. The largest absolute Gasteiger partial charge is 0.496 e. The third-order valence-corrected chi connectivity index (χ3v) is 5.87. The highest BCUT2D eigenvalue weighted by molar-refractivity contribution is 6.62. The van der Waals surface area contributed by atoms with Crippen LogP contribution in [-0.2, 0) is 14.1 Å². The zero-order valence-electron chi connectivity index (χ0n) is 16.7. The normalized spacial score (nSPS) is 20.8. The van der Waals surface area contributed by atoms with E-state index in [1.165, 1.54) is 0 Å². The molecule has 0 unspecified atom stereocenters. The van der Waals surface area contributed by atoms with Crippen LogP contribution in [0.5, 0.6) is 0 Å². The molecule has 2 N–H and O–H groups in total. The molecule has 0 aromatic carbocycles. The standard InChI is InChI=1S/C20H25BN4O3/c1-19(2)20(3,4)28-21(27-19)13-10-15(18(22)24-11-13)16-8-7-14(12-23-16)25-9-5-6-17(25)26/h7-8,10-12H,5-6,9H2,1-4H3,(H2,22,24). The second kappa shape index (κ2) is 6.56. The first-order valence-corrected chi connectivity index (χ1v) is 9.56. The molecule has 7 nitrogen and oxygen atoms in total. The number of nitrogen functional groups attached to an aromatic ring is 1. The predicted octanol–water partition coefficient (Wildman–Crippen LogP) is 2.15. The van der Waals surface area contributed by atoms with Gasteiger partial charge in [-0.2, -0.15) is 0 Å². The smallest absolute Gasteiger partial charge is 0.399 e. The van der Waals surface area contributed by atoms with Crippen LogP contribution in [0.2, 0.25) is 0 Å². The number of rotatable bonds is 3. The molecule has 0 bridgehead atoms. The second-order valence-electron chi connectivity index (χ2n) is 8.34. The van der Waals surface area contributed by atoms with E-state index >= 15 is 0 Å². The molecular weight excluding hydrogens is 355 g/mol. The molecule has 2 aromatic rings. The number of pyridine rings is 2. The highest BCUT2D eigenvalue weighted by Gasteiger charge is 2.51. The number of hydrogen-bond donors (Lipinski definition) is 1. The van der Waals surface area contributed by atoms with Crippen molar-refractivity contribution in [2.24, 2.45) is 0 Å². The summed E-state index contributed by atoms with van der Waals surface area (Å²) < 4.78 is 12.2. The van der Waals surface area contributed by atoms with E-state index in [2.05, 4.69) is 9.97 Å². The Bertz CT molecular complexity index is 898. The molecule has 2 aliphatic heterocycles. The summed E-state index contributed by atoms with van der Waals surface area (Å²) in [6.07, 6.45) is 4.86. The average Bonchev–Trinajstić information content (AvgIpc) is 3.16. The maximum absolute atomic E-state index is 11.9. The van der Waals surface area contributed by atoms with Gasteiger partial charge in [0.1, 0.15) is 5.82 Å². The molecule has 0 radical (unpaired) electrons. The van der Waals surface area contributed by atoms with Crippen LogP contribution in [0.1, 0.15) is 40.5 Å². The molecule has 0 aliphatic carbocycles. The van der Waals surface area contributed by atoms with E-state index in [-0.39, 0.29) is 5.91 Å². The number of aromatic nitrogens is 2. The van der Waals surface area contributed by atoms with Gasteiger partial charge in [0.05, 0.1) is 28.8 Å². The highest BCUT2D eigenvalue weighted by Crippen LogP contribution is 2.36. The molecular formula is C20H25BN4O3. The summed E-state index contributed by atoms with van der Waals surface area (Å²) in [4.78, 5) is 22.5. The number of nitrogens with zero attached hydrogens (tertiary/aromatic N) is 3. The monoisotopic (exact) mass is 380 g/mol. The van der Waals surface area contributed by atoms with Crippen molar-refractivity contribution in [1.82, 2.24) is 9.97 Å². The fraction of sp³-hybridized carbons (Fsp3) is 0.450.